The number of benzene rings is 1. The van der Waals surface area contributed by atoms with Crippen LogP contribution < -0.4 is 5.32 Å². The molecule has 37 heavy (non-hydrogen) atoms. The second-order valence-corrected chi connectivity index (χ2v) is 9.75. The summed E-state index contributed by atoms with van der Waals surface area (Å²) in [4.78, 5) is 30.6. The van der Waals surface area contributed by atoms with E-state index in [0.29, 0.717) is 35.8 Å². The van der Waals surface area contributed by atoms with Crippen LogP contribution in [0.15, 0.2) is 55.0 Å². The lowest BCUT2D eigenvalue weighted by molar-refractivity contribution is 0.148. The predicted octanol–water partition coefficient (Wildman–Crippen LogP) is 3.38. The third-order valence-corrected chi connectivity index (χ3v) is 6.91. The van der Waals surface area contributed by atoms with Crippen molar-refractivity contribution in [1.29, 1.82) is 0 Å². The minimum absolute atomic E-state index is 0.351. The van der Waals surface area contributed by atoms with Crippen molar-refractivity contribution >= 4 is 35.8 Å². The van der Waals surface area contributed by atoms with Crippen molar-refractivity contribution in [2.75, 3.05) is 45.1 Å². The first-order valence-corrected chi connectivity index (χ1v) is 12.8. The summed E-state index contributed by atoms with van der Waals surface area (Å²) in [6.45, 7) is 8.39. The van der Waals surface area contributed by atoms with Gasteiger partial charge in [-0.05, 0) is 37.2 Å². The highest BCUT2D eigenvalue weighted by Gasteiger charge is 2.14. The maximum Gasteiger partial charge on any atom is 0.332 e. The second-order valence-electron chi connectivity index (χ2n) is 9.27. The number of carbonyl (C=O) groups is 1. The largest absolute Gasteiger partial charge is 0.332 e. The molecule has 3 aromatic heterocycles. The van der Waals surface area contributed by atoms with Crippen molar-refractivity contribution in [3.63, 3.8) is 0 Å². The molecule has 2 amide bonds. The molecule has 1 aromatic carbocycles. The number of thiol groups is 1. The van der Waals surface area contributed by atoms with Crippen LogP contribution in [0.2, 0.25) is 0 Å². The fraction of sp³-hybridized carbons (Fsp3) is 0.346. The van der Waals surface area contributed by atoms with Crippen LogP contribution in [-0.2, 0) is 13.1 Å². The first-order valence-electron chi connectivity index (χ1n) is 12.4. The Morgan fingerprint density at radius 1 is 1.05 bits per heavy atom. The minimum Gasteiger partial charge on any atom is -0.304 e. The molecule has 4 heterocycles. The van der Waals surface area contributed by atoms with Crippen LogP contribution in [0.3, 0.4) is 0 Å². The number of fused-ring (bicyclic) bond motifs is 1. The number of nitrogens with zero attached hydrogens (tertiary/aromatic N) is 8. The van der Waals surface area contributed by atoms with Gasteiger partial charge in [0.1, 0.15) is 11.3 Å². The quantitative estimate of drug-likeness (QED) is 0.363. The van der Waals surface area contributed by atoms with E-state index >= 15 is 0 Å². The summed E-state index contributed by atoms with van der Waals surface area (Å²) in [7, 11) is 2.18. The molecule has 0 unspecified atom stereocenters. The molecule has 4 aromatic rings. The summed E-state index contributed by atoms with van der Waals surface area (Å²) in [5.41, 5.74) is 5.14. The number of amides is 2. The van der Waals surface area contributed by atoms with Crippen LogP contribution in [0, 0.1) is 0 Å². The van der Waals surface area contributed by atoms with Crippen molar-refractivity contribution in [3.8, 4) is 11.3 Å². The molecule has 11 heteroatoms. The van der Waals surface area contributed by atoms with Crippen LogP contribution in [-0.4, -0.2) is 84.6 Å². The number of rotatable bonds is 7. The van der Waals surface area contributed by atoms with E-state index in [1.165, 1.54) is 15.4 Å². The zero-order valence-corrected chi connectivity index (χ0v) is 22.0. The molecule has 10 nitrogen and oxygen atoms in total. The molecule has 5 rings (SSSR count). The minimum atomic E-state index is -0.351. The van der Waals surface area contributed by atoms with Gasteiger partial charge in [-0.25, -0.2) is 14.8 Å². The van der Waals surface area contributed by atoms with Gasteiger partial charge in [0.05, 0.1) is 24.6 Å². The summed E-state index contributed by atoms with van der Waals surface area (Å²) in [6.07, 6.45) is 5.47. The van der Waals surface area contributed by atoms with E-state index in [-0.39, 0.29) is 6.03 Å². The maximum absolute atomic E-state index is 12.1. The summed E-state index contributed by atoms with van der Waals surface area (Å²) in [6, 6.07) is 11.8. The highest BCUT2D eigenvalue weighted by Crippen LogP contribution is 2.20. The lowest BCUT2D eigenvalue weighted by Crippen LogP contribution is -2.43. The van der Waals surface area contributed by atoms with Gasteiger partial charge in [0, 0.05) is 51.0 Å². The standard InChI is InChI=1S/C26H31N9OS/c1-3-35(37)26(36)31-24-8-7-22-25(30-24)29-23(15-27-22)21-14-28-34(18-21)17-20-6-4-5-19(13-20)16-33-11-9-32(2)10-12-33/h4-8,13-15,18,37H,3,9-12,16-17H2,1-2H3,(H,29,30,31,36). The zero-order valence-electron chi connectivity index (χ0n) is 21.1. The molecule has 0 atom stereocenters. The Balaban J connectivity index is 1.28. The summed E-state index contributed by atoms with van der Waals surface area (Å²) in [5.74, 6) is 0.392. The first-order chi connectivity index (χ1) is 18.0. The Labute approximate surface area is 221 Å². The summed E-state index contributed by atoms with van der Waals surface area (Å²) >= 11 is 4.12. The molecule has 0 saturated carbocycles. The lowest BCUT2D eigenvalue weighted by Gasteiger charge is -2.32. The normalized spacial score (nSPS) is 14.7. The van der Waals surface area contributed by atoms with Crippen LogP contribution >= 0.6 is 12.8 Å². The highest BCUT2D eigenvalue weighted by atomic mass is 32.1. The van der Waals surface area contributed by atoms with E-state index in [1.54, 1.807) is 24.5 Å². The van der Waals surface area contributed by atoms with E-state index in [9.17, 15) is 4.79 Å². The molecule has 0 spiro atoms. The molecule has 1 fully saturated rings. The van der Waals surface area contributed by atoms with Crippen molar-refractivity contribution < 1.29 is 4.79 Å². The molecule has 1 aliphatic heterocycles. The molecule has 0 bridgehead atoms. The van der Waals surface area contributed by atoms with Gasteiger partial charge in [-0.3, -0.25) is 24.2 Å². The molecular formula is C26H31N9OS. The Morgan fingerprint density at radius 2 is 1.84 bits per heavy atom. The topological polar surface area (TPSA) is 95.3 Å². The van der Waals surface area contributed by atoms with Gasteiger partial charge in [0.2, 0.25) is 0 Å². The molecular weight excluding hydrogens is 486 g/mol. The van der Waals surface area contributed by atoms with Gasteiger partial charge in [0.25, 0.3) is 0 Å². The molecule has 1 saturated heterocycles. The van der Waals surface area contributed by atoms with E-state index in [4.69, 9.17) is 0 Å². The van der Waals surface area contributed by atoms with E-state index < -0.39 is 0 Å². The maximum atomic E-state index is 12.1. The van der Waals surface area contributed by atoms with Gasteiger partial charge in [-0.1, -0.05) is 37.1 Å². The smallest absolute Gasteiger partial charge is 0.304 e. The van der Waals surface area contributed by atoms with Gasteiger partial charge in [0.15, 0.2) is 5.65 Å². The SMILES string of the molecule is CCN(S)C(=O)Nc1ccc2ncc(-c3cnn(Cc4cccc(CN5CCN(C)CC5)c4)c3)nc2n1. The Morgan fingerprint density at radius 3 is 2.62 bits per heavy atom. The van der Waals surface area contributed by atoms with Crippen LogP contribution in [0.5, 0.6) is 0 Å². The van der Waals surface area contributed by atoms with Crippen molar-refractivity contribution in [2.45, 2.75) is 20.0 Å². The number of carbonyl (C=O) groups excluding carboxylic acids is 1. The van der Waals surface area contributed by atoms with Crippen molar-refractivity contribution in [3.05, 3.63) is 66.1 Å². The average Bonchev–Trinajstić information content (AvgIpc) is 3.37. The fourth-order valence-electron chi connectivity index (χ4n) is 4.28. The Bertz CT molecular complexity index is 1380. The van der Waals surface area contributed by atoms with Gasteiger partial charge < -0.3 is 4.90 Å². The number of hydrogen-bond acceptors (Lipinski definition) is 8. The Hall–Kier alpha value is -3.54. The summed E-state index contributed by atoms with van der Waals surface area (Å²) in [5, 5.41) is 7.27. The Kier molecular flexibility index (Phi) is 7.63. The van der Waals surface area contributed by atoms with Crippen LogP contribution in [0.1, 0.15) is 18.1 Å². The highest BCUT2D eigenvalue weighted by molar-refractivity contribution is 7.78. The third-order valence-electron chi connectivity index (χ3n) is 6.44. The van der Waals surface area contributed by atoms with E-state index in [1.807, 2.05) is 17.8 Å². The second kappa shape index (κ2) is 11.2. The van der Waals surface area contributed by atoms with Gasteiger partial charge in [-0.15, -0.1) is 0 Å². The fourth-order valence-corrected chi connectivity index (χ4v) is 4.33. The van der Waals surface area contributed by atoms with E-state index in [0.717, 1.165) is 38.3 Å². The van der Waals surface area contributed by atoms with Gasteiger partial charge in [-0.2, -0.15) is 5.10 Å². The third kappa shape index (κ3) is 6.24. The predicted molar refractivity (Wildman–Crippen MR) is 147 cm³/mol. The number of urea groups is 1. The zero-order chi connectivity index (χ0) is 25.8. The number of likely N-dealkylation sites (N-methyl/N-ethyl adjacent to an activating group) is 1. The van der Waals surface area contributed by atoms with Crippen molar-refractivity contribution in [2.24, 2.45) is 0 Å². The number of nitrogens with one attached hydrogen (secondary N) is 1. The number of anilines is 1. The summed E-state index contributed by atoms with van der Waals surface area (Å²) < 4.78 is 3.18. The number of pyridine rings is 1. The number of hydrogen-bond donors (Lipinski definition) is 2. The van der Waals surface area contributed by atoms with Crippen molar-refractivity contribution in [1.82, 2.24) is 38.8 Å². The monoisotopic (exact) mass is 517 g/mol. The number of piperazine rings is 1. The molecule has 1 aliphatic rings. The van der Waals surface area contributed by atoms with E-state index in [2.05, 4.69) is 79.3 Å². The molecule has 0 aliphatic carbocycles. The first kappa shape index (κ1) is 25.1. The molecule has 1 N–H and O–H groups in total. The molecule has 192 valence electrons. The lowest BCUT2D eigenvalue weighted by atomic mass is 10.1. The average molecular weight is 518 g/mol. The number of aromatic nitrogens is 5. The van der Waals surface area contributed by atoms with Gasteiger partial charge >= 0.3 is 6.03 Å². The van der Waals surface area contributed by atoms with Crippen LogP contribution in [0.25, 0.3) is 22.4 Å². The molecule has 0 radical (unpaired) electrons. The van der Waals surface area contributed by atoms with Crippen LogP contribution in [0.4, 0.5) is 10.6 Å².